The molecule has 0 rings (SSSR count). The van der Waals surface area contributed by atoms with Crippen molar-refractivity contribution in [2.75, 3.05) is 26.4 Å². The molecule has 0 radical (unpaired) electrons. The third-order valence-electron chi connectivity index (χ3n) is 9.83. The fourth-order valence-corrected chi connectivity index (χ4v) is 7.07. The Labute approximate surface area is 367 Å². The molecule has 0 aromatic heterocycles. The number of unbranched alkanes of at least 4 members (excludes halogenated alkanes) is 19. The van der Waals surface area contributed by atoms with Gasteiger partial charge in [-0.3, -0.25) is 18.6 Å². The summed E-state index contributed by atoms with van der Waals surface area (Å²) in [5.74, 6) is -0.848. The number of carbonyl (C=O) groups is 2. The van der Waals surface area contributed by atoms with Gasteiger partial charge in [0.25, 0.3) is 0 Å². The Kier molecular flexibility index (Phi) is 44.0. The molecule has 0 aliphatic carbocycles. The Hall–Kier alpha value is -2.55. The first-order chi connectivity index (χ1) is 29.3. The first-order valence-corrected chi connectivity index (χ1v) is 25.4. The minimum absolute atomic E-state index is 0.0483. The van der Waals surface area contributed by atoms with E-state index in [4.69, 9.17) is 24.3 Å². The van der Waals surface area contributed by atoms with Crippen molar-refractivity contribution < 1.29 is 37.6 Å². The van der Waals surface area contributed by atoms with E-state index in [1.54, 1.807) is 0 Å². The number of carbonyl (C=O) groups excluding carboxylic acids is 2. The van der Waals surface area contributed by atoms with Crippen molar-refractivity contribution in [2.24, 2.45) is 5.73 Å². The molecule has 0 heterocycles. The fraction of sp³-hybridized carbons (Fsp3) is 0.720. The van der Waals surface area contributed by atoms with Crippen LogP contribution < -0.4 is 5.73 Å². The number of hydrogen-bond donors (Lipinski definition) is 2. The lowest BCUT2D eigenvalue weighted by Crippen LogP contribution is -2.29. The first kappa shape index (κ1) is 57.4. The predicted octanol–water partition coefficient (Wildman–Crippen LogP) is 14.2. The van der Waals surface area contributed by atoms with E-state index >= 15 is 0 Å². The molecule has 10 heteroatoms. The maximum atomic E-state index is 12.6. The topological polar surface area (TPSA) is 134 Å². The zero-order valence-electron chi connectivity index (χ0n) is 38.2. The van der Waals surface area contributed by atoms with Crippen molar-refractivity contribution in [3.05, 3.63) is 72.9 Å². The zero-order valence-corrected chi connectivity index (χ0v) is 39.1. The monoisotopic (exact) mass is 862 g/mol. The molecule has 0 saturated heterocycles. The van der Waals surface area contributed by atoms with Crippen LogP contribution in [0.25, 0.3) is 0 Å². The van der Waals surface area contributed by atoms with E-state index in [0.29, 0.717) is 6.42 Å². The summed E-state index contributed by atoms with van der Waals surface area (Å²) in [6.07, 6.45) is 56.5. The molecule has 0 aliphatic rings. The maximum Gasteiger partial charge on any atom is 0.472 e. The van der Waals surface area contributed by atoms with Crippen LogP contribution in [0.15, 0.2) is 72.9 Å². The smallest absolute Gasteiger partial charge is 0.462 e. The van der Waals surface area contributed by atoms with Gasteiger partial charge in [0, 0.05) is 19.4 Å². The first-order valence-electron chi connectivity index (χ1n) is 23.9. The highest BCUT2D eigenvalue weighted by molar-refractivity contribution is 7.47. The van der Waals surface area contributed by atoms with Crippen LogP contribution in [-0.2, 0) is 32.7 Å². The van der Waals surface area contributed by atoms with E-state index in [1.165, 1.54) is 70.6 Å². The standard InChI is InChI=1S/C50H88NO8P/c1-3-5-7-9-11-13-15-17-19-20-21-22-23-24-25-26-27-28-29-31-33-35-37-39-41-43-50(53)59-48(47-58-60(54,55)57-45-44-51)46-56-49(52)42-40-38-36-34-32-30-18-16-14-12-10-8-6-4-2/h5,7,11,13,16-19,21-22,24-25,48H,3-4,6,8-10,12,14-15,20,23,26-47,51H2,1-2H3,(H,54,55)/b7-5-,13-11-,18-16-,19-17-,22-21-,25-24-. The van der Waals surface area contributed by atoms with Crippen LogP contribution >= 0.6 is 7.82 Å². The minimum Gasteiger partial charge on any atom is -0.462 e. The molecule has 0 fully saturated rings. The Bertz CT molecular complexity index is 1210. The zero-order chi connectivity index (χ0) is 43.9. The van der Waals surface area contributed by atoms with Gasteiger partial charge in [-0.15, -0.1) is 0 Å². The van der Waals surface area contributed by atoms with E-state index in [9.17, 15) is 19.0 Å². The van der Waals surface area contributed by atoms with Gasteiger partial charge in [0.2, 0.25) is 0 Å². The highest BCUT2D eigenvalue weighted by Crippen LogP contribution is 2.43. The second-order valence-electron chi connectivity index (χ2n) is 15.6. The van der Waals surface area contributed by atoms with Crippen molar-refractivity contribution in [1.29, 1.82) is 0 Å². The van der Waals surface area contributed by atoms with Gasteiger partial charge >= 0.3 is 19.8 Å². The third kappa shape index (κ3) is 45.0. The summed E-state index contributed by atoms with van der Waals surface area (Å²) in [5.41, 5.74) is 5.36. The lowest BCUT2D eigenvalue weighted by atomic mass is 10.1. The Morgan fingerprint density at radius 1 is 0.517 bits per heavy atom. The quantitative estimate of drug-likeness (QED) is 0.0266. The van der Waals surface area contributed by atoms with Crippen LogP contribution in [0.3, 0.4) is 0 Å². The minimum atomic E-state index is -4.39. The van der Waals surface area contributed by atoms with Gasteiger partial charge in [-0.1, -0.05) is 177 Å². The van der Waals surface area contributed by atoms with Gasteiger partial charge in [0.05, 0.1) is 13.2 Å². The SMILES string of the molecule is CC/C=C\C/C=C\C/C=C\C/C=C\C/C=C\CCCCCCCCCCCC(=O)OC(COC(=O)CCCCCCC/C=C\CCCCCCC)COP(=O)(O)OCCN. The second-order valence-corrected chi connectivity index (χ2v) is 17.0. The summed E-state index contributed by atoms with van der Waals surface area (Å²) in [4.78, 5) is 35.0. The molecule has 9 nitrogen and oxygen atoms in total. The number of rotatable bonds is 44. The molecular formula is C50H88NO8P. The summed E-state index contributed by atoms with van der Waals surface area (Å²) in [5, 5.41) is 0. The highest BCUT2D eigenvalue weighted by atomic mass is 31.2. The summed E-state index contributed by atoms with van der Waals surface area (Å²) < 4.78 is 32.8. The van der Waals surface area contributed by atoms with Crippen LogP contribution in [0.2, 0.25) is 0 Å². The van der Waals surface area contributed by atoms with Crippen molar-refractivity contribution in [3.8, 4) is 0 Å². The molecule has 0 aromatic rings. The van der Waals surface area contributed by atoms with E-state index in [0.717, 1.165) is 96.3 Å². The molecule has 0 bridgehead atoms. The number of esters is 2. The second kappa shape index (κ2) is 46.0. The number of hydrogen-bond acceptors (Lipinski definition) is 8. The van der Waals surface area contributed by atoms with Gasteiger partial charge < -0.3 is 20.1 Å². The highest BCUT2D eigenvalue weighted by Gasteiger charge is 2.26. The van der Waals surface area contributed by atoms with Crippen molar-refractivity contribution >= 4 is 19.8 Å². The Morgan fingerprint density at radius 3 is 1.38 bits per heavy atom. The van der Waals surface area contributed by atoms with Gasteiger partial charge in [-0.05, 0) is 83.5 Å². The van der Waals surface area contributed by atoms with Crippen molar-refractivity contribution in [2.45, 2.75) is 206 Å². The molecule has 0 aliphatic heterocycles. The van der Waals surface area contributed by atoms with Crippen molar-refractivity contribution in [3.63, 3.8) is 0 Å². The molecule has 0 saturated carbocycles. The fourth-order valence-electron chi connectivity index (χ4n) is 6.30. The van der Waals surface area contributed by atoms with Gasteiger partial charge in [-0.25, -0.2) is 4.57 Å². The number of phosphoric ester groups is 1. The molecule has 2 unspecified atom stereocenters. The Morgan fingerprint density at radius 2 is 0.917 bits per heavy atom. The number of ether oxygens (including phenoxy) is 2. The Balaban J connectivity index is 4.10. The van der Waals surface area contributed by atoms with Gasteiger partial charge in [0.15, 0.2) is 6.10 Å². The van der Waals surface area contributed by atoms with Gasteiger partial charge in [0.1, 0.15) is 6.61 Å². The summed E-state index contributed by atoms with van der Waals surface area (Å²) in [6, 6.07) is 0. The van der Waals surface area contributed by atoms with Crippen LogP contribution in [0.5, 0.6) is 0 Å². The molecular weight excluding hydrogens is 774 g/mol. The molecule has 0 spiro atoms. The molecule has 2 atom stereocenters. The average molecular weight is 862 g/mol. The molecule has 3 N–H and O–H groups in total. The maximum absolute atomic E-state index is 12.6. The summed E-state index contributed by atoms with van der Waals surface area (Å²) in [7, 11) is -4.39. The van der Waals surface area contributed by atoms with E-state index in [2.05, 4.69) is 86.8 Å². The van der Waals surface area contributed by atoms with Crippen LogP contribution in [0.4, 0.5) is 0 Å². The molecule has 346 valence electrons. The number of phosphoric acid groups is 1. The summed E-state index contributed by atoms with van der Waals surface area (Å²) >= 11 is 0. The molecule has 0 aromatic carbocycles. The van der Waals surface area contributed by atoms with Crippen molar-refractivity contribution in [1.82, 2.24) is 0 Å². The van der Waals surface area contributed by atoms with E-state index < -0.39 is 32.5 Å². The van der Waals surface area contributed by atoms with E-state index in [1.807, 2.05) is 0 Å². The molecule has 0 amide bonds. The molecule has 60 heavy (non-hydrogen) atoms. The van der Waals surface area contributed by atoms with Crippen LogP contribution in [-0.4, -0.2) is 49.3 Å². The van der Waals surface area contributed by atoms with Crippen LogP contribution in [0.1, 0.15) is 200 Å². The lowest BCUT2D eigenvalue weighted by Gasteiger charge is -2.19. The van der Waals surface area contributed by atoms with E-state index in [-0.39, 0.29) is 32.6 Å². The van der Waals surface area contributed by atoms with Gasteiger partial charge in [-0.2, -0.15) is 0 Å². The number of nitrogens with two attached hydrogens (primary N) is 1. The average Bonchev–Trinajstić information content (AvgIpc) is 3.24. The number of allylic oxidation sites excluding steroid dienone is 12. The van der Waals surface area contributed by atoms with Crippen LogP contribution in [0, 0.1) is 0 Å². The third-order valence-corrected chi connectivity index (χ3v) is 10.8. The normalized spacial score (nSPS) is 13.9. The summed E-state index contributed by atoms with van der Waals surface area (Å²) in [6.45, 7) is 3.59. The predicted molar refractivity (Wildman–Crippen MR) is 252 cm³/mol. The largest absolute Gasteiger partial charge is 0.472 e. The lowest BCUT2D eigenvalue weighted by molar-refractivity contribution is -0.161.